The lowest BCUT2D eigenvalue weighted by atomic mass is 10.0. The predicted molar refractivity (Wildman–Crippen MR) is 74.8 cm³/mol. The highest BCUT2D eigenvalue weighted by Crippen LogP contribution is 2.22. The molecule has 23 heavy (non-hydrogen) atoms. The van der Waals surface area contributed by atoms with E-state index in [4.69, 9.17) is 14.4 Å². The Balaban J connectivity index is 0.000000322. The predicted octanol–water partition coefficient (Wildman–Crippen LogP) is 2.27. The number of hydrogen-bond acceptors (Lipinski definition) is 5. The first-order valence-electron chi connectivity index (χ1n) is 7.23. The highest BCUT2D eigenvalue weighted by molar-refractivity contribution is 5.73. The molecule has 1 aromatic rings. The number of alkyl halides is 3. The summed E-state index contributed by atoms with van der Waals surface area (Å²) in [6, 6.07) is 0.308. The summed E-state index contributed by atoms with van der Waals surface area (Å²) in [5.74, 6) is -1.85. The molecule has 0 aromatic carbocycles. The Bertz CT molecular complexity index is 497. The van der Waals surface area contributed by atoms with Crippen molar-refractivity contribution in [2.75, 3.05) is 13.2 Å². The van der Waals surface area contributed by atoms with Gasteiger partial charge in [0.05, 0.1) is 12.3 Å². The molecule has 1 aromatic heterocycles. The maximum Gasteiger partial charge on any atom is 0.490 e. The second-order valence-corrected chi connectivity index (χ2v) is 5.41. The molecule has 2 N–H and O–H groups in total. The summed E-state index contributed by atoms with van der Waals surface area (Å²) in [5.41, 5.74) is 2.15. The molecule has 6 nitrogen and oxygen atoms in total. The van der Waals surface area contributed by atoms with Crippen LogP contribution in [-0.4, -0.2) is 51.6 Å². The molecule has 1 unspecified atom stereocenters. The Kier molecular flexibility index (Phi) is 7.01. The summed E-state index contributed by atoms with van der Waals surface area (Å²) >= 11 is 0. The summed E-state index contributed by atoms with van der Waals surface area (Å²) in [4.78, 5) is 11.2. The number of rotatable bonds is 3. The minimum absolute atomic E-state index is 0.253. The van der Waals surface area contributed by atoms with Gasteiger partial charge >= 0.3 is 12.1 Å². The minimum atomic E-state index is -5.08. The summed E-state index contributed by atoms with van der Waals surface area (Å²) in [6.07, 6.45) is -1.54. The molecule has 0 radical (unpaired) electrons. The van der Waals surface area contributed by atoms with E-state index in [1.54, 1.807) is 0 Å². The largest absolute Gasteiger partial charge is 0.490 e. The number of aliphatic hydroxyl groups excluding tert-OH is 1. The first-order chi connectivity index (χ1) is 10.7. The molecular weight excluding hydrogens is 317 g/mol. The molecule has 1 aliphatic heterocycles. The maximum atomic E-state index is 10.6. The SMILES string of the molecule is Cc1noc(C)c1CN1CCCCC1CO.O=C(O)C(F)(F)F. The number of carboxylic acid groups (broad SMARTS) is 1. The lowest BCUT2D eigenvalue weighted by Crippen LogP contribution is -2.41. The Morgan fingerprint density at radius 2 is 2.00 bits per heavy atom. The molecule has 0 spiro atoms. The zero-order chi connectivity index (χ0) is 17.6. The number of aryl methyl sites for hydroxylation is 2. The van der Waals surface area contributed by atoms with Crippen molar-refractivity contribution in [3.63, 3.8) is 0 Å². The number of hydrogen-bond donors (Lipinski definition) is 2. The van der Waals surface area contributed by atoms with Crippen LogP contribution in [0.1, 0.15) is 36.3 Å². The second kappa shape index (κ2) is 8.30. The lowest BCUT2D eigenvalue weighted by molar-refractivity contribution is -0.192. The number of aromatic nitrogens is 1. The summed E-state index contributed by atoms with van der Waals surface area (Å²) in [6.45, 7) is 6.10. The fourth-order valence-corrected chi connectivity index (χ4v) is 2.41. The molecule has 1 saturated heterocycles. The van der Waals surface area contributed by atoms with Gasteiger partial charge in [-0.3, -0.25) is 4.90 Å². The maximum absolute atomic E-state index is 10.6. The molecule has 132 valence electrons. The van der Waals surface area contributed by atoms with Crippen molar-refractivity contribution < 1.29 is 32.7 Å². The number of likely N-dealkylation sites (tertiary alicyclic amines) is 1. The molecule has 1 fully saturated rings. The molecule has 1 atom stereocenters. The third-order valence-electron chi connectivity index (χ3n) is 3.74. The fraction of sp³-hybridized carbons (Fsp3) is 0.714. The van der Waals surface area contributed by atoms with E-state index in [1.165, 1.54) is 18.4 Å². The van der Waals surface area contributed by atoms with Crippen LogP contribution in [0.2, 0.25) is 0 Å². The van der Waals surface area contributed by atoms with Gasteiger partial charge in [-0.25, -0.2) is 4.79 Å². The van der Waals surface area contributed by atoms with E-state index in [0.717, 1.165) is 31.0 Å². The van der Waals surface area contributed by atoms with Crippen molar-refractivity contribution >= 4 is 5.97 Å². The minimum Gasteiger partial charge on any atom is -0.475 e. The monoisotopic (exact) mass is 338 g/mol. The van der Waals surface area contributed by atoms with E-state index < -0.39 is 12.1 Å². The zero-order valence-corrected chi connectivity index (χ0v) is 13.1. The molecule has 0 aliphatic carbocycles. The highest BCUT2D eigenvalue weighted by Gasteiger charge is 2.38. The number of carbonyl (C=O) groups is 1. The summed E-state index contributed by atoms with van der Waals surface area (Å²) in [7, 11) is 0. The lowest BCUT2D eigenvalue weighted by Gasteiger charge is -2.34. The van der Waals surface area contributed by atoms with Gasteiger partial charge in [0.1, 0.15) is 5.76 Å². The van der Waals surface area contributed by atoms with Gasteiger partial charge in [-0.15, -0.1) is 0 Å². The molecule has 2 heterocycles. The van der Waals surface area contributed by atoms with E-state index in [1.807, 2.05) is 13.8 Å². The van der Waals surface area contributed by atoms with Gasteiger partial charge in [-0.1, -0.05) is 11.6 Å². The first kappa shape index (κ1) is 19.4. The van der Waals surface area contributed by atoms with Crippen molar-refractivity contribution in [1.29, 1.82) is 0 Å². The van der Waals surface area contributed by atoms with E-state index >= 15 is 0 Å². The third-order valence-corrected chi connectivity index (χ3v) is 3.74. The Labute approximate surface area is 131 Å². The van der Waals surface area contributed by atoms with E-state index in [0.29, 0.717) is 6.04 Å². The van der Waals surface area contributed by atoms with Crippen LogP contribution in [0.4, 0.5) is 13.2 Å². The second-order valence-electron chi connectivity index (χ2n) is 5.41. The molecule has 1 aliphatic rings. The molecule has 9 heteroatoms. The van der Waals surface area contributed by atoms with Crippen molar-refractivity contribution in [3.8, 4) is 0 Å². The molecule has 0 saturated carbocycles. The smallest absolute Gasteiger partial charge is 0.475 e. The van der Waals surface area contributed by atoms with Gasteiger partial charge in [-0.2, -0.15) is 13.2 Å². The van der Waals surface area contributed by atoms with Crippen molar-refractivity contribution in [3.05, 3.63) is 17.0 Å². The number of carboxylic acids is 1. The van der Waals surface area contributed by atoms with Crippen LogP contribution in [0.3, 0.4) is 0 Å². The van der Waals surface area contributed by atoms with Crippen LogP contribution in [0.25, 0.3) is 0 Å². The van der Waals surface area contributed by atoms with Crippen LogP contribution in [0, 0.1) is 13.8 Å². The van der Waals surface area contributed by atoms with Gasteiger partial charge in [0, 0.05) is 18.2 Å². The van der Waals surface area contributed by atoms with Gasteiger partial charge in [0.15, 0.2) is 0 Å². The van der Waals surface area contributed by atoms with Crippen molar-refractivity contribution in [2.45, 2.75) is 51.9 Å². The Morgan fingerprint density at radius 3 is 2.43 bits per heavy atom. The zero-order valence-electron chi connectivity index (χ0n) is 13.1. The van der Waals surface area contributed by atoms with E-state index in [2.05, 4.69) is 10.1 Å². The average molecular weight is 338 g/mol. The molecule has 0 amide bonds. The number of aliphatic carboxylic acids is 1. The number of aliphatic hydroxyl groups is 1. The Morgan fingerprint density at radius 1 is 1.39 bits per heavy atom. The van der Waals surface area contributed by atoms with E-state index in [-0.39, 0.29) is 6.61 Å². The van der Waals surface area contributed by atoms with Gasteiger partial charge in [0.2, 0.25) is 0 Å². The third kappa shape index (κ3) is 5.83. The van der Waals surface area contributed by atoms with Crippen LogP contribution in [-0.2, 0) is 11.3 Å². The van der Waals surface area contributed by atoms with Crippen molar-refractivity contribution in [1.82, 2.24) is 10.1 Å². The standard InChI is InChI=1S/C12H20N2O2.C2HF3O2/c1-9-12(10(2)16-13-9)7-14-6-4-3-5-11(14)8-15;3-2(4,5)1(6)7/h11,15H,3-8H2,1-2H3;(H,6,7). The molecule has 0 bridgehead atoms. The number of piperidine rings is 1. The number of halogens is 3. The van der Waals surface area contributed by atoms with Gasteiger partial charge in [0.25, 0.3) is 0 Å². The van der Waals surface area contributed by atoms with Crippen LogP contribution < -0.4 is 0 Å². The Hall–Kier alpha value is -1.61. The number of nitrogens with zero attached hydrogens (tertiary/aromatic N) is 2. The van der Waals surface area contributed by atoms with Gasteiger partial charge in [-0.05, 0) is 33.2 Å². The van der Waals surface area contributed by atoms with Crippen LogP contribution in [0.15, 0.2) is 4.52 Å². The average Bonchev–Trinajstić information content (AvgIpc) is 2.79. The summed E-state index contributed by atoms with van der Waals surface area (Å²) < 4.78 is 36.9. The quantitative estimate of drug-likeness (QED) is 0.879. The topological polar surface area (TPSA) is 86.8 Å². The molecule has 2 rings (SSSR count). The van der Waals surface area contributed by atoms with Crippen LogP contribution in [0.5, 0.6) is 0 Å². The van der Waals surface area contributed by atoms with E-state index in [9.17, 15) is 18.3 Å². The van der Waals surface area contributed by atoms with Crippen molar-refractivity contribution in [2.24, 2.45) is 0 Å². The van der Waals surface area contributed by atoms with Gasteiger partial charge < -0.3 is 14.7 Å². The van der Waals surface area contributed by atoms with Crippen LogP contribution >= 0.6 is 0 Å². The fourth-order valence-electron chi connectivity index (χ4n) is 2.41. The normalized spacial score (nSPS) is 19.1. The highest BCUT2D eigenvalue weighted by atomic mass is 19.4. The summed E-state index contributed by atoms with van der Waals surface area (Å²) in [5, 5.41) is 20.4. The molecular formula is C14H21F3N2O4. The first-order valence-corrected chi connectivity index (χ1v) is 7.23.